The number of amides is 3. The normalized spacial score (nSPS) is 18.4. The van der Waals surface area contributed by atoms with Gasteiger partial charge in [-0.25, -0.2) is 0 Å². The van der Waals surface area contributed by atoms with E-state index in [1.54, 1.807) is 4.90 Å². The highest BCUT2D eigenvalue weighted by molar-refractivity contribution is 5.90. The van der Waals surface area contributed by atoms with Crippen LogP contribution >= 0.6 is 0 Å². The Bertz CT molecular complexity index is 521. The van der Waals surface area contributed by atoms with Crippen molar-refractivity contribution in [2.45, 2.75) is 105 Å². The molecule has 1 heterocycles. The monoisotopic (exact) mass is 437 g/mol. The number of rotatable bonds is 6. The molecule has 0 radical (unpaired) electrons. The van der Waals surface area contributed by atoms with Crippen LogP contribution in [0.2, 0.25) is 0 Å². The van der Waals surface area contributed by atoms with Crippen LogP contribution in [-0.2, 0) is 14.4 Å². The summed E-state index contributed by atoms with van der Waals surface area (Å²) in [5.41, 5.74) is 0. The number of carbonyl (C=O) groups excluding carboxylic acids is 3. The Morgan fingerprint density at radius 1 is 0.935 bits per heavy atom. The number of terminal acetylenes is 1. The van der Waals surface area contributed by atoms with Gasteiger partial charge in [0.1, 0.15) is 6.04 Å². The molecule has 0 aromatic carbocycles. The summed E-state index contributed by atoms with van der Waals surface area (Å²) >= 11 is 0. The number of nitrogens with one attached hydrogen (secondary N) is 2. The molecular formula is C25H47N3O3. The molecule has 1 atom stereocenters. The van der Waals surface area contributed by atoms with Crippen LogP contribution in [0.25, 0.3) is 0 Å². The van der Waals surface area contributed by atoms with E-state index in [0.29, 0.717) is 24.9 Å². The lowest BCUT2D eigenvalue weighted by Gasteiger charge is -2.24. The molecule has 31 heavy (non-hydrogen) atoms. The quantitative estimate of drug-likeness (QED) is 0.613. The zero-order valence-electron chi connectivity index (χ0n) is 21.0. The van der Waals surface area contributed by atoms with Crippen LogP contribution < -0.4 is 10.6 Å². The van der Waals surface area contributed by atoms with Crippen molar-refractivity contribution in [3.63, 3.8) is 0 Å². The maximum atomic E-state index is 12.2. The summed E-state index contributed by atoms with van der Waals surface area (Å²) in [7, 11) is 0. The molecule has 2 N–H and O–H groups in total. The zero-order valence-corrected chi connectivity index (χ0v) is 21.0. The molecule has 0 unspecified atom stereocenters. The highest BCUT2D eigenvalue weighted by Gasteiger charge is 2.36. The number of nitrogens with zero attached hydrogens (tertiary/aromatic N) is 1. The molecule has 0 aromatic heterocycles. The zero-order chi connectivity index (χ0) is 24.4. The molecule has 2 saturated carbocycles. The van der Waals surface area contributed by atoms with Crippen molar-refractivity contribution in [1.82, 2.24) is 15.5 Å². The van der Waals surface area contributed by atoms with Gasteiger partial charge in [0, 0.05) is 19.0 Å². The van der Waals surface area contributed by atoms with Crippen molar-refractivity contribution >= 4 is 17.7 Å². The van der Waals surface area contributed by atoms with E-state index in [0.717, 1.165) is 44.4 Å². The van der Waals surface area contributed by atoms with Gasteiger partial charge in [0.25, 0.3) is 0 Å². The van der Waals surface area contributed by atoms with E-state index in [9.17, 15) is 14.4 Å². The second-order valence-electron chi connectivity index (χ2n) is 8.18. The summed E-state index contributed by atoms with van der Waals surface area (Å²) in [6.45, 7) is 15.1. The van der Waals surface area contributed by atoms with Gasteiger partial charge in [-0.2, -0.15) is 0 Å². The van der Waals surface area contributed by atoms with Crippen molar-refractivity contribution < 1.29 is 14.4 Å². The third-order valence-electron chi connectivity index (χ3n) is 4.41. The highest BCUT2D eigenvalue weighted by Crippen LogP contribution is 2.32. The summed E-state index contributed by atoms with van der Waals surface area (Å²) in [6.07, 6.45) is 14.4. The lowest BCUT2D eigenvalue weighted by molar-refractivity contribution is -0.138. The summed E-state index contributed by atoms with van der Waals surface area (Å²) < 4.78 is 0. The van der Waals surface area contributed by atoms with Crippen molar-refractivity contribution in [1.29, 1.82) is 0 Å². The number of likely N-dealkylation sites (tertiary alicyclic amines) is 1. The molecule has 3 aliphatic rings. The molecule has 1 saturated heterocycles. The average molecular weight is 438 g/mol. The van der Waals surface area contributed by atoms with E-state index in [4.69, 9.17) is 0 Å². The Balaban J connectivity index is 0. The van der Waals surface area contributed by atoms with Gasteiger partial charge in [0.15, 0.2) is 0 Å². The molecule has 2 aliphatic carbocycles. The van der Waals surface area contributed by atoms with Crippen molar-refractivity contribution in [3.8, 4) is 12.8 Å². The molecule has 0 aromatic rings. The molecule has 6 heteroatoms. The molecule has 3 fully saturated rings. The van der Waals surface area contributed by atoms with Crippen LogP contribution in [0.1, 0.15) is 93.4 Å². The largest absolute Gasteiger partial charge is 0.352 e. The molecule has 6 nitrogen and oxygen atoms in total. The maximum Gasteiger partial charge on any atom is 0.243 e. The van der Waals surface area contributed by atoms with Crippen LogP contribution in [0.15, 0.2) is 0 Å². The lowest BCUT2D eigenvalue weighted by Crippen LogP contribution is -2.49. The molecule has 0 spiro atoms. The van der Waals surface area contributed by atoms with Gasteiger partial charge in [0.05, 0.1) is 6.54 Å². The fraction of sp³-hybridized carbons (Fsp3) is 0.800. The van der Waals surface area contributed by atoms with Gasteiger partial charge in [-0.3, -0.25) is 14.4 Å². The third-order valence-corrected chi connectivity index (χ3v) is 4.41. The van der Waals surface area contributed by atoms with Gasteiger partial charge in [-0.05, 0) is 50.4 Å². The van der Waals surface area contributed by atoms with Crippen molar-refractivity contribution in [3.05, 3.63) is 0 Å². The Morgan fingerprint density at radius 3 is 1.90 bits per heavy atom. The standard InChI is InChI=1S/C15H23N3O3.C4H10.2C2H6.C2H2/c19-13(8-10-3-4-10)16-9-14(20)18-7-1-2-12(18)15(21)17-11-5-6-11;1-4(2)3;3*1-2/h10-12H,1-9H2,(H,16,19)(H,17,21);4H,1-3H3;2*1-2H3;1-2H/t12-;;;;/m0..../s1. The van der Waals surface area contributed by atoms with E-state index in [1.807, 2.05) is 27.7 Å². The summed E-state index contributed by atoms with van der Waals surface area (Å²) in [6, 6.07) is -0.0354. The van der Waals surface area contributed by atoms with Crippen molar-refractivity contribution in [2.24, 2.45) is 11.8 Å². The molecule has 0 bridgehead atoms. The van der Waals surface area contributed by atoms with E-state index in [-0.39, 0.29) is 30.3 Å². The summed E-state index contributed by atoms with van der Waals surface area (Å²) in [5.74, 6) is 1.12. The topological polar surface area (TPSA) is 78.5 Å². The first-order valence-electron chi connectivity index (χ1n) is 12.1. The fourth-order valence-electron chi connectivity index (χ4n) is 2.79. The first kappa shape index (κ1) is 31.2. The van der Waals surface area contributed by atoms with Gasteiger partial charge in [0.2, 0.25) is 17.7 Å². The van der Waals surface area contributed by atoms with E-state index in [1.165, 1.54) is 0 Å². The van der Waals surface area contributed by atoms with Crippen LogP contribution in [0.4, 0.5) is 0 Å². The van der Waals surface area contributed by atoms with Crippen LogP contribution in [0.3, 0.4) is 0 Å². The highest BCUT2D eigenvalue weighted by atomic mass is 16.2. The molecule has 3 rings (SSSR count). The number of hydrogen-bond donors (Lipinski definition) is 2. The molecule has 180 valence electrons. The smallest absolute Gasteiger partial charge is 0.243 e. The van der Waals surface area contributed by atoms with Gasteiger partial charge < -0.3 is 15.5 Å². The Kier molecular flexibility index (Phi) is 18.8. The second-order valence-corrected chi connectivity index (χ2v) is 8.18. The first-order valence-corrected chi connectivity index (χ1v) is 12.1. The molecular weight excluding hydrogens is 390 g/mol. The van der Waals surface area contributed by atoms with Gasteiger partial charge in [-0.1, -0.05) is 48.5 Å². The average Bonchev–Trinajstić information content (AvgIpc) is 3.70. The van der Waals surface area contributed by atoms with E-state index in [2.05, 4.69) is 44.3 Å². The molecule has 3 amide bonds. The predicted molar refractivity (Wildman–Crippen MR) is 129 cm³/mol. The van der Waals surface area contributed by atoms with Gasteiger partial charge >= 0.3 is 0 Å². The first-order chi connectivity index (χ1) is 14.9. The third kappa shape index (κ3) is 15.4. The summed E-state index contributed by atoms with van der Waals surface area (Å²) in [4.78, 5) is 37.5. The van der Waals surface area contributed by atoms with E-state index < -0.39 is 0 Å². The van der Waals surface area contributed by atoms with E-state index >= 15 is 0 Å². The minimum Gasteiger partial charge on any atom is -0.352 e. The molecule has 1 aliphatic heterocycles. The lowest BCUT2D eigenvalue weighted by atomic mass is 10.2. The number of hydrogen-bond acceptors (Lipinski definition) is 3. The SMILES string of the molecule is C#C.CC.CC.CC(C)C.O=C(CC1CC1)NCC(=O)N1CCC[C@H]1C(=O)NC1CC1. The van der Waals surface area contributed by atoms with Crippen molar-refractivity contribution in [2.75, 3.05) is 13.1 Å². The minimum atomic E-state index is -0.349. The number of carbonyl (C=O) groups is 3. The Hall–Kier alpha value is -2.03. The Morgan fingerprint density at radius 2 is 1.45 bits per heavy atom. The second kappa shape index (κ2) is 18.7. The summed E-state index contributed by atoms with van der Waals surface area (Å²) in [5, 5.41) is 5.64. The fourth-order valence-corrected chi connectivity index (χ4v) is 2.79. The van der Waals surface area contributed by atoms with Gasteiger partial charge in [-0.15, -0.1) is 12.8 Å². The van der Waals surface area contributed by atoms with Crippen LogP contribution in [0, 0.1) is 24.7 Å². The minimum absolute atomic E-state index is 0.0127. The Labute approximate surface area is 191 Å². The maximum absolute atomic E-state index is 12.2. The predicted octanol–water partition coefficient (Wildman–Crippen LogP) is 4.14. The van der Waals surface area contributed by atoms with Crippen LogP contribution in [-0.4, -0.2) is 47.8 Å². The van der Waals surface area contributed by atoms with Crippen LogP contribution in [0.5, 0.6) is 0 Å².